The minimum Gasteiger partial charge on any atom is -0.450 e. The molecule has 1 aliphatic heterocycles. The number of aromatic nitrogens is 2. The lowest BCUT2D eigenvalue weighted by Crippen LogP contribution is -2.56. The smallest absolute Gasteiger partial charge is 0.450 e. The molecule has 20 heteroatoms. The molecule has 7 N–H and O–H groups in total. The minimum absolute atomic E-state index is 0.0184. The third-order valence-electron chi connectivity index (χ3n) is 7.77. The number of unbranched alkanes of at least 4 members (excludes halogenated alkanes) is 1. The van der Waals surface area contributed by atoms with E-state index in [1.807, 2.05) is 49.5 Å². The molecular weight excluding hydrogens is 705 g/mol. The quantitative estimate of drug-likeness (QED) is 0.0692. The van der Waals surface area contributed by atoms with Crippen molar-refractivity contribution in [1.82, 2.24) is 30.8 Å². The van der Waals surface area contributed by atoms with Crippen LogP contribution >= 0.6 is 16.0 Å². The summed E-state index contributed by atoms with van der Waals surface area (Å²) in [6.07, 6.45) is 6.47. The van der Waals surface area contributed by atoms with Crippen molar-refractivity contribution in [3.63, 3.8) is 0 Å². The summed E-state index contributed by atoms with van der Waals surface area (Å²) in [7, 11) is -8.76. The van der Waals surface area contributed by atoms with Crippen molar-refractivity contribution >= 4 is 41.0 Å². The van der Waals surface area contributed by atoms with Crippen molar-refractivity contribution in [2.75, 3.05) is 39.5 Å². The van der Waals surface area contributed by atoms with Gasteiger partial charge in [0.2, 0.25) is 19.8 Å². The SMILES string of the molecule is CC(C)C[C@@H](NC(=O)[C@@H](Cc1ccccc1)NC(=O)c1cnccn1)B1OCCCN(CCCCOC(=O)NC(P(O)O)P(=O)(O)O)CCCO1. The van der Waals surface area contributed by atoms with Crippen LogP contribution in [-0.4, -0.2) is 116 Å². The van der Waals surface area contributed by atoms with Gasteiger partial charge in [0.25, 0.3) is 5.91 Å². The van der Waals surface area contributed by atoms with Gasteiger partial charge in [0.05, 0.1) is 18.7 Å². The molecule has 3 atom stereocenters. The molecule has 1 aromatic carbocycles. The topological polar surface area (TPSA) is 242 Å². The molecular formula is C31H49BN6O11P2. The fourth-order valence-electron chi connectivity index (χ4n) is 5.35. The van der Waals surface area contributed by atoms with Crippen LogP contribution in [0.4, 0.5) is 4.79 Å². The van der Waals surface area contributed by atoms with Gasteiger partial charge in [-0.2, -0.15) is 0 Å². The number of carbonyl (C=O) groups is 3. The van der Waals surface area contributed by atoms with Gasteiger partial charge in [0.15, 0.2) is 0 Å². The molecule has 0 aliphatic carbocycles. The Morgan fingerprint density at radius 2 is 1.71 bits per heavy atom. The number of ether oxygens (including phenoxy) is 1. The van der Waals surface area contributed by atoms with Crippen molar-refractivity contribution in [3.8, 4) is 0 Å². The van der Waals surface area contributed by atoms with Crippen LogP contribution in [0, 0.1) is 5.92 Å². The highest BCUT2D eigenvalue weighted by atomic mass is 31.2. The van der Waals surface area contributed by atoms with E-state index >= 15 is 0 Å². The summed E-state index contributed by atoms with van der Waals surface area (Å²) in [6.45, 7) is 7.02. The summed E-state index contributed by atoms with van der Waals surface area (Å²) in [4.78, 5) is 85.5. The zero-order valence-electron chi connectivity index (χ0n) is 28.9. The number of hydrogen-bond acceptors (Lipinski definition) is 12. The molecule has 1 unspecified atom stereocenters. The normalized spacial score (nSPS) is 16.6. The van der Waals surface area contributed by atoms with Crippen molar-refractivity contribution in [2.24, 2.45) is 5.92 Å². The maximum Gasteiger partial charge on any atom is 0.480 e. The number of nitrogens with zero attached hydrogens (tertiary/aromatic N) is 3. The van der Waals surface area contributed by atoms with Gasteiger partial charge in [0.1, 0.15) is 11.7 Å². The summed E-state index contributed by atoms with van der Waals surface area (Å²) in [5, 5.41) is 7.73. The van der Waals surface area contributed by atoms with Crippen LogP contribution in [0.3, 0.4) is 0 Å². The third kappa shape index (κ3) is 16.0. The Kier molecular flexibility index (Phi) is 18.4. The monoisotopic (exact) mass is 754 g/mol. The van der Waals surface area contributed by atoms with E-state index < -0.39 is 52.6 Å². The molecule has 3 rings (SSSR count). The lowest BCUT2D eigenvalue weighted by molar-refractivity contribution is -0.123. The summed E-state index contributed by atoms with van der Waals surface area (Å²) in [5.41, 5.74) is -1.14. The molecule has 0 bridgehead atoms. The maximum atomic E-state index is 13.8. The van der Waals surface area contributed by atoms with E-state index in [1.165, 1.54) is 18.6 Å². The Labute approximate surface area is 299 Å². The highest BCUT2D eigenvalue weighted by Gasteiger charge is 2.38. The van der Waals surface area contributed by atoms with E-state index in [4.69, 9.17) is 33.6 Å². The lowest BCUT2D eigenvalue weighted by Gasteiger charge is -2.30. The van der Waals surface area contributed by atoms with Gasteiger partial charge in [-0.15, -0.1) is 0 Å². The van der Waals surface area contributed by atoms with Crippen molar-refractivity contribution in [2.45, 2.75) is 69.9 Å². The number of amides is 3. The highest BCUT2D eigenvalue weighted by molar-refractivity contribution is 7.67. The number of hydrogen-bond donors (Lipinski definition) is 7. The van der Waals surface area contributed by atoms with Crippen LogP contribution in [0.25, 0.3) is 0 Å². The van der Waals surface area contributed by atoms with E-state index in [-0.39, 0.29) is 30.5 Å². The molecule has 51 heavy (non-hydrogen) atoms. The first kappa shape index (κ1) is 42.4. The predicted molar refractivity (Wildman–Crippen MR) is 189 cm³/mol. The molecule has 0 saturated carbocycles. The van der Waals surface area contributed by atoms with Crippen LogP contribution in [0.2, 0.25) is 0 Å². The Bertz CT molecular complexity index is 1380. The molecule has 1 saturated heterocycles. The first-order valence-corrected chi connectivity index (χ1v) is 19.9. The second kappa shape index (κ2) is 22.1. The van der Waals surface area contributed by atoms with Crippen LogP contribution in [0.5, 0.6) is 0 Å². The van der Waals surface area contributed by atoms with Gasteiger partial charge in [-0.1, -0.05) is 44.2 Å². The van der Waals surface area contributed by atoms with Crippen LogP contribution in [0.1, 0.15) is 62.0 Å². The molecule has 2 heterocycles. The second-order valence-electron chi connectivity index (χ2n) is 12.5. The zero-order valence-corrected chi connectivity index (χ0v) is 30.7. The Balaban J connectivity index is 1.51. The molecule has 0 radical (unpaired) electrons. The summed E-state index contributed by atoms with van der Waals surface area (Å²) < 4.78 is 28.6. The van der Waals surface area contributed by atoms with Crippen LogP contribution in [0.15, 0.2) is 48.9 Å². The average Bonchev–Trinajstić information content (AvgIpc) is 3.09. The van der Waals surface area contributed by atoms with Gasteiger partial charge in [-0.25, -0.2) is 9.78 Å². The molecule has 1 fully saturated rings. The fraction of sp³-hybridized carbons (Fsp3) is 0.581. The molecule has 1 aliphatic rings. The van der Waals surface area contributed by atoms with E-state index in [1.54, 1.807) is 0 Å². The third-order valence-corrected chi connectivity index (χ3v) is 10.6. The molecule has 0 spiro atoms. The van der Waals surface area contributed by atoms with Gasteiger partial charge in [-0.05, 0) is 50.1 Å². The summed E-state index contributed by atoms with van der Waals surface area (Å²) in [6, 6.07) is 8.52. The molecule has 1 aromatic heterocycles. The van der Waals surface area contributed by atoms with Gasteiger partial charge < -0.3 is 49.2 Å². The number of nitrogens with one attached hydrogen (secondary N) is 3. The Morgan fingerprint density at radius 1 is 1.02 bits per heavy atom. The summed E-state index contributed by atoms with van der Waals surface area (Å²) >= 11 is 0. The maximum absolute atomic E-state index is 13.8. The lowest BCUT2D eigenvalue weighted by atomic mass is 9.73. The van der Waals surface area contributed by atoms with Crippen molar-refractivity contribution in [3.05, 3.63) is 60.2 Å². The number of rotatable bonds is 17. The Hall–Kier alpha value is -3.05. The molecule has 17 nitrogen and oxygen atoms in total. The molecule has 282 valence electrons. The first-order chi connectivity index (χ1) is 24.3. The van der Waals surface area contributed by atoms with Crippen LogP contribution in [-0.2, 0) is 29.8 Å². The first-order valence-electron chi connectivity index (χ1n) is 16.9. The average molecular weight is 755 g/mol. The predicted octanol–water partition coefficient (Wildman–Crippen LogP) is 1.77. The number of alkyl carbamates (subject to hydrolysis) is 1. The second-order valence-corrected chi connectivity index (χ2v) is 15.7. The van der Waals surface area contributed by atoms with E-state index in [0.29, 0.717) is 51.9 Å². The number of carbonyl (C=O) groups excluding carboxylic acids is 3. The van der Waals surface area contributed by atoms with Crippen molar-refractivity contribution < 1.29 is 52.6 Å². The standard InChI is InChI=1S/C31H49BN6O11P2/c1-23(2)20-27(36-28(39)25(21-24-10-4-3-5-11-24)35-29(40)26-22-33-12-13-34-26)32-48-18-8-15-38(16-9-19-49-32)14-6-7-17-47-30(41)37-31(50(42)43)51(44,45)46/h3-5,10-13,22-23,25,27,31,42-43H,6-9,14-21H2,1-2H3,(H,35,40)(H,36,39)(H,37,41)(H2,44,45,46)/t25-,27-,31?/m1/s1. The van der Waals surface area contributed by atoms with E-state index in [9.17, 15) is 18.9 Å². The highest BCUT2D eigenvalue weighted by Crippen LogP contribution is 2.53. The van der Waals surface area contributed by atoms with E-state index in [0.717, 1.165) is 18.7 Å². The van der Waals surface area contributed by atoms with Gasteiger partial charge in [-0.3, -0.25) is 24.5 Å². The fourth-order valence-corrected chi connectivity index (χ4v) is 6.92. The number of benzene rings is 1. The zero-order chi connectivity index (χ0) is 37.2. The van der Waals surface area contributed by atoms with Crippen molar-refractivity contribution in [1.29, 1.82) is 0 Å². The van der Waals surface area contributed by atoms with Crippen LogP contribution < -0.4 is 16.0 Å². The molecule has 3 amide bonds. The summed E-state index contributed by atoms with van der Waals surface area (Å²) in [5.74, 6) is -1.15. The largest absolute Gasteiger partial charge is 0.480 e. The van der Waals surface area contributed by atoms with E-state index in [2.05, 4.69) is 25.5 Å². The van der Waals surface area contributed by atoms with Gasteiger partial charge in [0, 0.05) is 45.1 Å². The molecule has 2 aromatic rings. The van der Waals surface area contributed by atoms with Gasteiger partial charge >= 0.3 is 20.8 Å². The Morgan fingerprint density at radius 3 is 2.29 bits per heavy atom. The minimum atomic E-state index is -4.96.